The predicted molar refractivity (Wildman–Crippen MR) is 153 cm³/mol. The molecule has 2 aliphatic heterocycles. The molecular weight excluding hydrogens is 558 g/mol. The van der Waals surface area contributed by atoms with Crippen molar-refractivity contribution in [1.82, 2.24) is 21.3 Å². The smallest absolute Gasteiger partial charge is 0.326 e. The highest BCUT2D eigenvalue weighted by Gasteiger charge is 2.42. The Hall–Kier alpha value is -2.17. The van der Waals surface area contributed by atoms with Crippen molar-refractivity contribution in [2.75, 3.05) is 71.7 Å². The summed E-state index contributed by atoms with van der Waals surface area (Å²) in [5.41, 5.74) is 5.31. The van der Waals surface area contributed by atoms with Crippen molar-refractivity contribution < 1.29 is 43.2 Å². The molecule has 1 unspecified atom stereocenters. The maximum absolute atomic E-state index is 12.1. The van der Waals surface area contributed by atoms with Gasteiger partial charge in [0.2, 0.25) is 11.8 Å². The largest absolute Gasteiger partial charge is 0.480 e. The van der Waals surface area contributed by atoms with Crippen LogP contribution in [0.5, 0.6) is 0 Å². The zero-order chi connectivity index (χ0) is 29.7. The Kier molecular flexibility index (Phi) is 18.4. The second-order valence-electron chi connectivity index (χ2n) is 9.85. The lowest BCUT2D eigenvalue weighted by atomic mass is 10.0. The van der Waals surface area contributed by atoms with Gasteiger partial charge in [-0.2, -0.15) is 11.8 Å². The van der Waals surface area contributed by atoms with Crippen LogP contribution in [0.1, 0.15) is 44.9 Å². The van der Waals surface area contributed by atoms with Gasteiger partial charge in [0.15, 0.2) is 0 Å². The Morgan fingerprint density at radius 2 is 1.61 bits per heavy atom. The average molecular weight is 606 g/mol. The van der Waals surface area contributed by atoms with Crippen LogP contribution in [0, 0.1) is 0 Å². The zero-order valence-electron chi connectivity index (χ0n) is 23.7. The Labute approximate surface area is 245 Å². The van der Waals surface area contributed by atoms with Gasteiger partial charge in [0, 0.05) is 30.5 Å². The second-order valence-corrected chi connectivity index (χ2v) is 11.1. The number of amides is 4. The van der Waals surface area contributed by atoms with Gasteiger partial charge < -0.3 is 51.1 Å². The van der Waals surface area contributed by atoms with Crippen molar-refractivity contribution in [3.05, 3.63) is 0 Å². The normalized spacial score (nSPS) is 20.2. The van der Waals surface area contributed by atoms with Gasteiger partial charge in [-0.05, 0) is 32.1 Å². The van der Waals surface area contributed by atoms with E-state index in [1.54, 1.807) is 0 Å². The summed E-state index contributed by atoms with van der Waals surface area (Å²) < 4.78 is 21.1. The molecule has 236 valence electrons. The van der Waals surface area contributed by atoms with E-state index >= 15 is 0 Å². The number of aliphatic carboxylic acids is 1. The fourth-order valence-electron chi connectivity index (χ4n) is 4.47. The number of rotatable bonds is 25. The SMILES string of the molecule is NCCOCCOCCOCCOCC(=O)N[C@@H](CCCCNC(=O)CCCC[C@@H]1SC[C@@H]2NC(=O)NC21)C(=O)O. The third-order valence-corrected chi connectivity index (χ3v) is 8.08. The highest BCUT2D eigenvalue weighted by molar-refractivity contribution is 8.00. The van der Waals surface area contributed by atoms with Crippen molar-refractivity contribution in [1.29, 1.82) is 0 Å². The summed E-state index contributed by atoms with van der Waals surface area (Å²) in [5.74, 6) is -0.722. The zero-order valence-corrected chi connectivity index (χ0v) is 24.6. The molecule has 0 bridgehead atoms. The molecule has 2 saturated heterocycles. The fourth-order valence-corrected chi connectivity index (χ4v) is 6.01. The maximum Gasteiger partial charge on any atom is 0.326 e. The molecule has 0 aromatic carbocycles. The van der Waals surface area contributed by atoms with Gasteiger partial charge >= 0.3 is 12.0 Å². The highest BCUT2D eigenvalue weighted by atomic mass is 32.2. The molecule has 14 nitrogen and oxygen atoms in total. The minimum absolute atomic E-state index is 0.0255. The minimum Gasteiger partial charge on any atom is -0.480 e. The van der Waals surface area contributed by atoms with Crippen LogP contribution >= 0.6 is 11.8 Å². The molecule has 0 aromatic heterocycles. The van der Waals surface area contributed by atoms with Gasteiger partial charge in [0.05, 0.1) is 58.3 Å². The molecule has 4 amide bonds. The fraction of sp³-hybridized carbons (Fsp3) is 0.846. The van der Waals surface area contributed by atoms with E-state index in [9.17, 15) is 24.3 Å². The number of unbranched alkanes of at least 4 members (excludes halogenated alkanes) is 2. The molecule has 15 heteroatoms. The minimum atomic E-state index is -1.11. The molecule has 0 aliphatic carbocycles. The molecule has 0 saturated carbocycles. The lowest BCUT2D eigenvalue weighted by molar-refractivity contribution is -0.142. The van der Waals surface area contributed by atoms with E-state index in [0.717, 1.165) is 25.0 Å². The number of carbonyl (C=O) groups is 4. The van der Waals surface area contributed by atoms with E-state index in [1.807, 2.05) is 11.8 Å². The van der Waals surface area contributed by atoms with Crippen molar-refractivity contribution in [3.8, 4) is 0 Å². The number of thioether (sulfide) groups is 1. The molecule has 7 N–H and O–H groups in total. The molecule has 0 aromatic rings. The molecule has 2 rings (SSSR count). The van der Waals surface area contributed by atoms with Crippen LogP contribution in [0.3, 0.4) is 0 Å². The highest BCUT2D eigenvalue weighted by Crippen LogP contribution is 2.33. The van der Waals surface area contributed by atoms with E-state index in [-0.39, 0.29) is 50.3 Å². The predicted octanol–water partition coefficient (Wildman–Crippen LogP) is -0.407. The summed E-state index contributed by atoms with van der Waals surface area (Å²) in [6, 6.07) is -0.713. The van der Waals surface area contributed by atoms with Gasteiger partial charge in [-0.25, -0.2) is 9.59 Å². The topological polar surface area (TPSA) is 200 Å². The molecule has 2 fully saturated rings. The first-order valence-corrected chi connectivity index (χ1v) is 15.4. The van der Waals surface area contributed by atoms with Crippen LogP contribution in [-0.4, -0.2) is 124 Å². The van der Waals surface area contributed by atoms with Gasteiger partial charge in [-0.15, -0.1) is 0 Å². The Balaban J connectivity index is 1.41. The summed E-state index contributed by atoms with van der Waals surface area (Å²) in [6.07, 6.45) is 4.50. The molecule has 4 atom stereocenters. The van der Waals surface area contributed by atoms with Crippen LogP contribution in [0.2, 0.25) is 0 Å². The molecule has 0 radical (unpaired) electrons. The van der Waals surface area contributed by atoms with Gasteiger partial charge in [-0.1, -0.05) is 6.42 Å². The molecule has 41 heavy (non-hydrogen) atoms. The summed E-state index contributed by atoms with van der Waals surface area (Å²) in [5, 5.41) is 21.0. The molecular formula is C26H47N5O9S. The van der Waals surface area contributed by atoms with Crippen LogP contribution in [0.15, 0.2) is 0 Å². The number of urea groups is 1. The molecule has 0 spiro atoms. The van der Waals surface area contributed by atoms with Crippen LogP contribution in [-0.2, 0) is 33.3 Å². The standard InChI is InChI=1S/C26H47N5O9S/c27-8-10-37-11-12-38-13-14-39-15-16-40-17-23(33)29-19(25(34)35)5-3-4-9-28-22(32)7-2-1-6-21-24-20(18-41-21)30-26(36)31-24/h19-21,24H,1-18,27H2,(H,28,32)(H,29,33)(H,34,35)(H2,30,31,36)/t19-,20-,21-,24?/m0/s1. The third-order valence-electron chi connectivity index (χ3n) is 6.57. The number of ether oxygens (including phenoxy) is 4. The Morgan fingerprint density at radius 3 is 2.29 bits per heavy atom. The first-order chi connectivity index (χ1) is 19.9. The van der Waals surface area contributed by atoms with Crippen LogP contribution < -0.4 is 27.0 Å². The number of carboxylic acid groups (broad SMARTS) is 1. The van der Waals surface area contributed by atoms with Crippen LogP contribution in [0.4, 0.5) is 4.79 Å². The first kappa shape index (κ1) is 35.0. The number of fused-ring (bicyclic) bond motifs is 1. The van der Waals surface area contributed by atoms with E-state index < -0.39 is 17.9 Å². The Morgan fingerprint density at radius 1 is 0.927 bits per heavy atom. The summed E-state index contributed by atoms with van der Waals surface area (Å²) in [6.45, 7) is 3.39. The van der Waals surface area contributed by atoms with Gasteiger partial charge in [0.25, 0.3) is 0 Å². The number of carbonyl (C=O) groups excluding carboxylic acids is 3. The summed E-state index contributed by atoms with van der Waals surface area (Å²) >= 11 is 1.87. The monoisotopic (exact) mass is 605 g/mol. The van der Waals surface area contributed by atoms with Gasteiger partial charge in [-0.3, -0.25) is 9.59 Å². The molecule has 2 aliphatic rings. The number of hydrogen-bond donors (Lipinski definition) is 6. The summed E-state index contributed by atoms with van der Waals surface area (Å²) in [4.78, 5) is 47.1. The lowest BCUT2D eigenvalue weighted by Gasteiger charge is -2.16. The lowest BCUT2D eigenvalue weighted by Crippen LogP contribution is -2.42. The maximum atomic E-state index is 12.1. The van der Waals surface area contributed by atoms with E-state index in [1.165, 1.54) is 0 Å². The van der Waals surface area contributed by atoms with Crippen molar-refractivity contribution in [2.45, 2.75) is 68.3 Å². The second kappa shape index (κ2) is 21.5. The quantitative estimate of drug-likeness (QED) is 0.0584. The number of hydrogen-bond acceptors (Lipinski definition) is 10. The van der Waals surface area contributed by atoms with Crippen molar-refractivity contribution >= 4 is 35.6 Å². The third kappa shape index (κ3) is 15.6. The van der Waals surface area contributed by atoms with Crippen LogP contribution in [0.25, 0.3) is 0 Å². The van der Waals surface area contributed by atoms with Gasteiger partial charge in [0.1, 0.15) is 12.6 Å². The molecule has 2 heterocycles. The van der Waals surface area contributed by atoms with Crippen molar-refractivity contribution in [3.63, 3.8) is 0 Å². The first-order valence-electron chi connectivity index (χ1n) is 14.4. The van der Waals surface area contributed by atoms with E-state index in [0.29, 0.717) is 70.6 Å². The average Bonchev–Trinajstić information content (AvgIpc) is 3.49. The van der Waals surface area contributed by atoms with E-state index in [4.69, 9.17) is 24.7 Å². The number of carboxylic acids is 1. The number of nitrogens with two attached hydrogens (primary N) is 1. The van der Waals surface area contributed by atoms with E-state index in [2.05, 4.69) is 21.3 Å². The van der Waals surface area contributed by atoms with Crippen molar-refractivity contribution in [2.24, 2.45) is 5.73 Å². The summed E-state index contributed by atoms with van der Waals surface area (Å²) in [7, 11) is 0. The number of nitrogens with one attached hydrogen (secondary N) is 4. The Bertz CT molecular complexity index is 794.